The van der Waals surface area contributed by atoms with Crippen LogP contribution >= 0.6 is 0 Å². The van der Waals surface area contributed by atoms with Crippen molar-refractivity contribution in [2.45, 2.75) is 38.0 Å². The van der Waals surface area contributed by atoms with Gasteiger partial charge < -0.3 is 10.1 Å². The van der Waals surface area contributed by atoms with Gasteiger partial charge in [0.25, 0.3) is 0 Å². The molecule has 1 heterocycles. The Bertz CT molecular complexity index is 1240. The zero-order valence-electron chi connectivity index (χ0n) is 20.1. The molecule has 2 aliphatic rings. The van der Waals surface area contributed by atoms with Crippen molar-refractivity contribution in [2.75, 3.05) is 20.2 Å². The maximum absolute atomic E-state index is 13.2. The first-order valence-electron chi connectivity index (χ1n) is 12.2. The Kier molecular flexibility index (Phi) is 6.75. The summed E-state index contributed by atoms with van der Waals surface area (Å²) < 4.78 is 44.8. The number of nitrogens with zero attached hydrogens (tertiary/aromatic N) is 1. The van der Waals surface area contributed by atoms with Crippen LogP contribution in [0.5, 0.6) is 5.75 Å². The number of hydrogen-bond donors (Lipinski definition) is 1. The fourth-order valence-electron chi connectivity index (χ4n) is 5.28. The second-order valence-electron chi connectivity index (χ2n) is 9.61. The van der Waals surface area contributed by atoms with E-state index in [0.29, 0.717) is 19.5 Å². The Balaban J connectivity index is 1.38. The zero-order valence-corrected chi connectivity index (χ0v) is 20.1. The molecule has 3 aromatic rings. The molecule has 0 radical (unpaired) electrons. The summed E-state index contributed by atoms with van der Waals surface area (Å²) in [5.41, 5.74) is 5.92. The highest BCUT2D eigenvalue weighted by Gasteiger charge is 2.43. The van der Waals surface area contributed by atoms with Crippen molar-refractivity contribution in [1.82, 2.24) is 10.2 Å². The van der Waals surface area contributed by atoms with Gasteiger partial charge >= 0.3 is 6.18 Å². The SMILES string of the molecule is COc1cccc(-c2ccc(CNC(=O)[C@@H]3C[C@H]3c3ccccc3)c3c2CCN(CC(F)(F)F)C3)c1. The monoisotopic (exact) mass is 494 g/mol. The molecule has 5 rings (SSSR count). The highest BCUT2D eigenvalue weighted by molar-refractivity contribution is 5.83. The number of rotatable bonds is 7. The molecule has 1 fully saturated rings. The van der Waals surface area contributed by atoms with Crippen molar-refractivity contribution in [1.29, 1.82) is 0 Å². The second kappa shape index (κ2) is 9.97. The van der Waals surface area contributed by atoms with E-state index in [2.05, 4.69) is 5.32 Å². The van der Waals surface area contributed by atoms with E-state index in [1.165, 1.54) is 10.5 Å². The van der Waals surface area contributed by atoms with Crippen LogP contribution in [0.4, 0.5) is 13.2 Å². The molecule has 0 bridgehead atoms. The maximum atomic E-state index is 13.2. The molecule has 0 aromatic heterocycles. The van der Waals surface area contributed by atoms with Crippen LogP contribution in [-0.2, 0) is 24.3 Å². The summed E-state index contributed by atoms with van der Waals surface area (Å²) in [7, 11) is 1.61. The van der Waals surface area contributed by atoms with Crippen molar-refractivity contribution < 1.29 is 22.7 Å². The topological polar surface area (TPSA) is 41.6 Å². The van der Waals surface area contributed by atoms with Gasteiger partial charge in [0, 0.05) is 25.6 Å². The largest absolute Gasteiger partial charge is 0.497 e. The van der Waals surface area contributed by atoms with E-state index in [4.69, 9.17) is 4.74 Å². The van der Waals surface area contributed by atoms with Gasteiger partial charge in [0.15, 0.2) is 0 Å². The molecule has 1 amide bonds. The average Bonchev–Trinajstić information content (AvgIpc) is 3.68. The number of halogens is 3. The number of ether oxygens (including phenoxy) is 1. The van der Waals surface area contributed by atoms with Crippen molar-refractivity contribution in [3.05, 3.63) is 89.0 Å². The third kappa shape index (κ3) is 5.41. The molecule has 188 valence electrons. The van der Waals surface area contributed by atoms with Crippen LogP contribution in [0, 0.1) is 5.92 Å². The van der Waals surface area contributed by atoms with Crippen LogP contribution in [0.25, 0.3) is 11.1 Å². The summed E-state index contributed by atoms with van der Waals surface area (Å²) in [5.74, 6) is 0.903. The van der Waals surface area contributed by atoms with Crippen LogP contribution < -0.4 is 10.1 Å². The molecule has 0 saturated heterocycles. The first-order valence-corrected chi connectivity index (χ1v) is 12.2. The van der Waals surface area contributed by atoms with Crippen LogP contribution in [0.15, 0.2) is 66.7 Å². The summed E-state index contributed by atoms with van der Waals surface area (Å²) in [6.45, 7) is -0.103. The highest BCUT2D eigenvalue weighted by atomic mass is 19.4. The van der Waals surface area contributed by atoms with Gasteiger partial charge in [-0.05, 0) is 64.3 Å². The number of amides is 1. The minimum absolute atomic E-state index is 0.00238. The molecule has 0 spiro atoms. The lowest BCUT2D eigenvalue weighted by atomic mass is 9.87. The quantitative estimate of drug-likeness (QED) is 0.458. The summed E-state index contributed by atoms with van der Waals surface area (Å²) in [4.78, 5) is 14.3. The molecule has 7 heteroatoms. The number of methoxy groups -OCH3 is 1. The average molecular weight is 495 g/mol. The van der Waals surface area contributed by atoms with Gasteiger partial charge in [0.2, 0.25) is 5.91 Å². The predicted octanol–water partition coefficient (Wildman–Crippen LogP) is 5.70. The summed E-state index contributed by atoms with van der Waals surface area (Å²) >= 11 is 0. The van der Waals surface area contributed by atoms with E-state index in [1.807, 2.05) is 66.7 Å². The third-order valence-electron chi connectivity index (χ3n) is 7.18. The fourth-order valence-corrected chi connectivity index (χ4v) is 5.28. The first-order chi connectivity index (χ1) is 17.3. The van der Waals surface area contributed by atoms with E-state index in [-0.39, 0.29) is 24.3 Å². The van der Waals surface area contributed by atoms with Gasteiger partial charge in [-0.3, -0.25) is 9.69 Å². The van der Waals surface area contributed by atoms with Crippen LogP contribution in [0.1, 0.15) is 34.6 Å². The van der Waals surface area contributed by atoms with E-state index in [1.54, 1.807) is 7.11 Å². The smallest absolute Gasteiger partial charge is 0.401 e. The number of hydrogen-bond acceptors (Lipinski definition) is 3. The van der Waals surface area contributed by atoms with E-state index in [9.17, 15) is 18.0 Å². The second-order valence-corrected chi connectivity index (χ2v) is 9.61. The minimum Gasteiger partial charge on any atom is -0.497 e. The Morgan fingerprint density at radius 1 is 1.06 bits per heavy atom. The van der Waals surface area contributed by atoms with Crippen molar-refractivity contribution in [2.24, 2.45) is 5.92 Å². The zero-order chi connectivity index (χ0) is 25.3. The standard InChI is InChI=1S/C29H29F3N2O2/c1-36-22-9-5-8-20(14-22)23-11-10-21(27-17-34(13-12-24(23)27)18-29(30,31)32)16-33-28(35)26-15-25(26)19-6-3-2-4-7-19/h2-11,14,25-26H,12-13,15-18H2,1H3,(H,33,35)/t25-,26+/m0/s1. The van der Waals surface area contributed by atoms with Gasteiger partial charge in [-0.15, -0.1) is 0 Å². The van der Waals surface area contributed by atoms with Crippen LogP contribution in [0.2, 0.25) is 0 Å². The Morgan fingerprint density at radius 3 is 2.61 bits per heavy atom. The van der Waals surface area contributed by atoms with Gasteiger partial charge in [-0.2, -0.15) is 13.2 Å². The number of nitrogens with one attached hydrogen (secondary N) is 1. The number of carbonyl (C=O) groups is 1. The first kappa shape index (κ1) is 24.4. The number of alkyl halides is 3. The van der Waals surface area contributed by atoms with Gasteiger partial charge in [0.1, 0.15) is 5.75 Å². The van der Waals surface area contributed by atoms with E-state index in [0.717, 1.165) is 40.0 Å². The van der Waals surface area contributed by atoms with Gasteiger partial charge in [-0.25, -0.2) is 0 Å². The molecule has 2 atom stereocenters. The summed E-state index contributed by atoms with van der Waals surface area (Å²) in [5, 5.41) is 3.05. The fraction of sp³-hybridized carbons (Fsp3) is 0.345. The Morgan fingerprint density at radius 2 is 1.86 bits per heavy atom. The molecule has 1 saturated carbocycles. The molecular formula is C29H29F3N2O2. The van der Waals surface area contributed by atoms with Crippen LogP contribution in [0.3, 0.4) is 0 Å². The lowest BCUT2D eigenvalue weighted by Gasteiger charge is -2.32. The molecule has 1 N–H and O–H groups in total. The highest BCUT2D eigenvalue weighted by Crippen LogP contribution is 2.47. The predicted molar refractivity (Wildman–Crippen MR) is 133 cm³/mol. The van der Waals surface area contributed by atoms with Crippen molar-refractivity contribution in [3.8, 4) is 16.9 Å². The number of benzene rings is 3. The Labute approximate surface area is 209 Å². The van der Waals surface area contributed by atoms with Crippen LogP contribution in [-0.4, -0.2) is 37.2 Å². The lowest BCUT2D eigenvalue weighted by molar-refractivity contribution is -0.147. The van der Waals surface area contributed by atoms with E-state index < -0.39 is 12.7 Å². The van der Waals surface area contributed by atoms with E-state index >= 15 is 0 Å². The molecule has 1 aliphatic carbocycles. The maximum Gasteiger partial charge on any atom is 0.401 e. The molecule has 4 nitrogen and oxygen atoms in total. The molecule has 36 heavy (non-hydrogen) atoms. The summed E-state index contributed by atoms with van der Waals surface area (Å²) in [6, 6.07) is 21.7. The normalized spacial score (nSPS) is 19.4. The third-order valence-corrected chi connectivity index (χ3v) is 7.18. The minimum atomic E-state index is -4.26. The lowest BCUT2D eigenvalue weighted by Crippen LogP contribution is -2.39. The molecule has 3 aromatic carbocycles. The molecule has 0 unspecified atom stereocenters. The van der Waals surface area contributed by atoms with Crippen molar-refractivity contribution >= 4 is 5.91 Å². The number of carbonyl (C=O) groups excluding carboxylic acids is 1. The number of fused-ring (bicyclic) bond motifs is 1. The molecular weight excluding hydrogens is 465 g/mol. The van der Waals surface area contributed by atoms with Gasteiger partial charge in [-0.1, -0.05) is 54.6 Å². The molecule has 1 aliphatic heterocycles. The summed E-state index contributed by atoms with van der Waals surface area (Å²) in [6.07, 6.45) is -2.92. The van der Waals surface area contributed by atoms with Gasteiger partial charge in [0.05, 0.1) is 13.7 Å². The Hall–Kier alpha value is -3.32. The van der Waals surface area contributed by atoms with Crippen molar-refractivity contribution in [3.63, 3.8) is 0 Å².